The normalized spacial score (nSPS) is 18.0. The maximum absolute atomic E-state index is 13.9. The van der Waals surface area contributed by atoms with Crippen LogP contribution in [0.1, 0.15) is 18.4 Å². The summed E-state index contributed by atoms with van der Waals surface area (Å²) in [5.74, 6) is -1.33. The summed E-state index contributed by atoms with van der Waals surface area (Å²) >= 11 is 0. The Morgan fingerprint density at radius 2 is 1.81 bits per heavy atom. The third kappa shape index (κ3) is 4.30. The fraction of sp³-hybridized carbons (Fsp3) is 0.571. The van der Waals surface area contributed by atoms with E-state index >= 15 is 0 Å². The van der Waals surface area contributed by atoms with Crippen LogP contribution >= 0.6 is 0 Å². The topological polar surface area (TPSA) is 15.3 Å². The summed E-state index contributed by atoms with van der Waals surface area (Å²) in [5.41, 5.74) is 0.137. The fourth-order valence-corrected chi connectivity index (χ4v) is 2.48. The van der Waals surface area contributed by atoms with E-state index in [4.69, 9.17) is 0 Å². The second-order valence-corrected chi connectivity index (χ2v) is 5.36. The number of halogens is 5. The van der Waals surface area contributed by atoms with Crippen LogP contribution < -0.4 is 5.32 Å². The van der Waals surface area contributed by atoms with Crippen molar-refractivity contribution in [2.75, 3.05) is 25.0 Å². The summed E-state index contributed by atoms with van der Waals surface area (Å²) in [6, 6.07) is 2.31. The van der Waals surface area contributed by atoms with Gasteiger partial charge in [-0.2, -0.15) is 13.2 Å². The summed E-state index contributed by atoms with van der Waals surface area (Å²) < 4.78 is 64.3. The molecule has 1 heterocycles. The second kappa shape index (κ2) is 6.17. The SMILES string of the molecule is Cc1ccc(F)c(NC2CCN(CC(F)(F)F)CC2)c1F. The molecule has 0 saturated carbocycles. The first kappa shape index (κ1) is 16.0. The minimum Gasteiger partial charge on any atom is -0.377 e. The molecular formula is C14H17F5N2. The highest BCUT2D eigenvalue weighted by molar-refractivity contribution is 5.49. The van der Waals surface area contributed by atoms with Gasteiger partial charge in [0, 0.05) is 19.1 Å². The number of benzene rings is 1. The number of aryl methyl sites for hydroxylation is 1. The lowest BCUT2D eigenvalue weighted by molar-refractivity contribution is -0.147. The number of likely N-dealkylation sites (tertiary alicyclic amines) is 1. The van der Waals surface area contributed by atoms with Crippen LogP contribution in [0, 0.1) is 18.6 Å². The minimum absolute atomic E-state index is 0.190. The molecule has 0 bridgehead atoms. The van der Waals surface area contributed by atoms with Gasteiger partial charge in [0.25, 0.3) is 0 Å². The number of anilines is 1. The van der Waals surface area contributed by atoms with Crippen LogP contribution in [0.25, 0.3) is 0 Å². The van der Waals surface area contributed by atoms with Gasteiger partial charge in [-0.1, -0.05) is 6.07 Å². The smallest absolute Gasteiger partial charge is 0.377 e. The van der Waals surface area contributed by atoms with Crippen molar-refractivity contribution in [3.8, 4) is 0 Å². The molecule has 0 amide bonds. The molecule has 1 fully saturated rings. The van der Waals surface area contributed by atoms with Crippen molar-refractivity contribution in [1.29, 1.82) is 0 Å². The van der Waals surface area contributed by atoms with Crippen molar-refractivity contribution >= 4 is 5.69 Å². The Morgan fingerprint density at radius 3 is 2.38 bits per heavy atom. The molecule has 1 N–H and O–H groups in total. The largest absolute Gasteiger partial charge is 0.401 e. The van der Waals surface area contributed by atoms with Crippen LogP contribution in [0.5, 0.6) is 0 Å². The van der Waals surface area contributed by atoms with Crippen LogP contribution in [0.3, 0.4) is 0 Å². The molecule has 0 atom stereocenters. The van der Waals surface area contributed by atoms with Crippen LogP contribution in [0.15, 0.2) is 12.1 Å². The molecule has 7 heteroatoms. The van der Waals surface area contributed by atoms with Crippen LogP contribution in [0.2, 0.25) is 0 Å². The molecule has 0 radical (unpaired) electrons. The molecule has 0 aliphatic carbocycles. The van der Waals surface area contributed by atoms with Crippen molar-refractivity contribution in [3.05, 3.63) is 29.3 Å². The lowest BCUT2D eigenvalue weighted by Crippen LogP contribution is -2.43. The lowest BCUT2D eigenvalue weighted by atomic mass is 10.0. The molecule has 1 saturated heterocycles. The molecular weight excluding hydrogens is 291 g/mol. The van der Waals surface area contributed by atoms with Crippen molar-refractivity contribution in [1.82, 2.24) is 4.90 Å². The number of rotatable bonds is 3. The van der Waals surface area contributed by atoms with E-state index in [9.17, 15) is 22.0 Å². The van der Waals surface area contributed by atoms with Crippen LogP contribution in [-0.2, 0) is 0 Å². The quantitative estimate of drug-likeness (QED) is 0.856. The molecule has 1 aromatic carbocycles. The third-order valence-corrected chi connectivity index (χ3v) is 3.62. The van der Waals surface area contributed by atoms with E-state index in [0.717, 1.165) is 0 Å². The molecule has 0 aromatic heterocycles. The standard InChI is InChI=1S/C14H17F5N2/c1-9-2-3-11(15)13(12(9)16)20-10-4-6-21(7-5-10)8-14(17,18)19/h2-3,10,20H,4-8H2,1H3. The molecule has 1 aromatic rings. The second-order valence-electron chi connectivity index (χ2n) is 5.36. The molecule has 0 spiro atoms. The number of nitrogens with zero attached hydrogens (tertiary/aromatic N) is 1. The number of alkyl halides is 3. The zero-order chi connectivity index (χ0) is 15.6. The van der Waals surface area contributed by atoms with Crippen LogP contribution in [-0.4, -0.2) is 36.8 Å². The first-order valence-corrected chi connectivity index (χ1v) is 6.76. The number of nitrogens with one attached hydrogen (secondary N) is 1. The maximum Gasteiger partial charge on any atom is 0.401 e. The Labute approximate surface area is 119 Å². The van der Waals surface area contributed by atoms with Gasteiger partial charge in [0.2, 0.25) is 0 Å². The van der Waals surface area contributed by atoms with Gasteiger partial charge in [0.15, 0.2) is 5.82 Å². The average Bonchev–Trinajstić information content (AvgIpc) is 2.39. The number of hydrogen-bond acceptors (Lipinski definition) is 2. The van der Waals surface area contributed by atoms with Gasteiger partial charge in [-0.05, 0) is 31.4 Å². The van der Waals surface area contributed by atoms with E-state index in [0.29, 0.717) is 18.4 Å². The summed E-state index contributed by atoms with van der Waals surface area (Å²) in [5, 5.41) is 2.78. The summed E-state index contributed by atoms with van der Waals surface area (Å²) in [6.07, 6.45) is -3.37. The van der Waals surface area contributed by atoms with E-state index in [1.165, 1.54) is 24.0 Å². The van der Waals surface area contributed by atoms with E-state index in [-0.39, 0.29) is 24.8 Å². The molecule has 21 heavy (non-hydrogen) atoms. The lowest BCUT2D eigenvalue weighted by Gasteiger charge is -2.33. The molecule has 2 rings (SSSR count). The van der Waals surface area contributed by atoms with E-state index in [2.05, 4.69) is 5.32 Å². The van der Waals surface area contributed by atoms with E-state index in [1.54, 1.807) is 0 Å². The van der Waals surface area contributed by atoms with Crippen molar-refractivity contribution < 1.29 is 22.0 Å². The number of hydrogen-bond donors (Lipinski definition) is 1. The first-order valence-electron chi connectivity index (χ1n) is 6.76. The highest BCUT2D eigenvalue weighted by atomic mass is 19.4. The highest BCUT2D eigenvalue weighted by Crippen LogP contribution is 2.26. The van der Waals surface area contributed by atoms with Gasteiger partial charge in [0.05, 0.1) is 6.54 Å². The van der Waals surface area contributed by atoms with E-state index < -0.39 is 24.4 Å². The Hall–Kier alpha value is -1.37. The fourth-order valence-electron chi connectivity index (χ4n) is 2.48. The Bertz CT molecular complexity index is 493. The van der Waals surface area contributed by atoms with Gasteiger partial charge >= 0.3 is 6.18 Å². The first-order chi connectivity index (χ1) is 9.76. The van der Waals surface area contributed by atoms with E-state index in [1.807, 2.05) is 0 Å². The van der Waals surface area contributed by atoms with Crippen LogP contribution in [0.4, 0.5) is 27.6 Å². The van der Waals surface area contributed by atoms with Gasteiger partial charge in [-0.15, -0.1) is 0 Å². The average molecular weight is 308 g/mol. The summed E-state index contributed by atoms with van der Waals surface area (Å²) in [6.45, 7) is 1.11. The summed E-state index contributed by atoms with van der Waals surface area (Å²) in [4.78, 5) is 1.31. The molecule has 1 aliphatic heterocycles. The molecule has 2 nitrogen and oxygen atoms in total. The number of piperidine rings is 1. The predicted octanol–water partition coefficient (Wildman–Crippen LogP) is 3.71. The Kier molecular flexibility index (Phi) is 4.70. The summed E-state index contributed by atoms with van der Waals surface area (Å²) in [7, 11) is 0. The van der Waals surface area contributed by atoms with Gasteiger partial charge < -0.3 is 5.32 Å². The maximum atomic E-state index is 13.9. The zero-order valence-corrected chi connectivity index (χ0v) is 11.6. The monoisotopic (exact) mass is 308 g/mol. The third-order valence-electron chi connectivity index (χ3n) is 3.62. The van der Waals surface area contributed by atoms with Crippen molar-refractivity contribution in [3.63, 3.8) is 0 Å². The minimum atomic E-state index is -4.21. The predicted molar refractivity (Wildman–Crippen MR) is 70.2 cm³/mol. The zero-order valence-electron chi connectivity index (χ0n) is 11.6. The molecule has 0 unspecified atom stereocenters. The van der Waals surface area contributed by atoms with Gasteiger partial charge in [-0.25, -0.2) is 8.78 Å². The van der Waals surface area contributed by atoms with Crippen molar-refractivity contribution in [2.24, 2.45) is 0 Å². The Balaban J connectivity index is 1.94. The van der Waals surface area contributed by atoms with Gasteiger partial charge in [-0.3, -0.25) is 4.90 Å². The molecule has 118 valence electrons. The molecule has 1 aliphatic rings. The Morgan fingerprint density at radius 1 is 1.19 bits per heavy atom. The van der Waals surface area contributed by atoms with Crippen molar-refractivity contribution in [2.45, 2.75) is 32.0 Å². The highest BCUT2D eigenvalue weighted by Gasteiger charge is 2.32. The van der Waals surface area contributed by atoms with Gasteiger partial charge in [0.1, 0.15) is 11.5 Å².